The van der Waals surface area contributed by atoms with Crippen LogP contribution in [0.15, 0.2) is 71.2 Å². The van der Waals surface area contributed by atoms with E-state index in [4.69, 9.17) is 27.9 Å². The molecule has 5 nitrogen and oxygen atoms in total. The van der Waals surface area contributed by atoms with Crippen LogP contribution in [0, 0.1) is 0 Å². The van der Waals surface area contributed by atoms with Crippen molar-refractivity contribution in [1.82, 2.24) is 10.2 Å². The van der Waals surface area contributed by atoms with Crippen molar-refractivity contribution in [2.75, 3.05) is 13.2 Å². The summed E-state index contributed by atoms with van der Waals surface area (Å²) < 4.78 is 6.65. The first kappa shape index (κ1) is 28.0. The monoisotopic (exact) mass is 590 g/mol. The van der Waals surface area contributed by atoms with Gasteiger partial charge in [0.1, 0.15) is 11.8 Å². The normalized spacial score (nSPS) is 11.6. The van der Waals surface area contributed by atoms with E-state index in [-0.39, 0.29) is 25.0 Å². The van der Waals surface area contributed by atoms with Crippen LogP contribution in [-0.4, -0.2) is 35.9 Å². The number of likely N-dealkylation sites (N-methyl/N-ethyl adjacent to an activating group) is 1. The summed E-state index contributed by atoms with van der Waals surface area (Å²) in [5.41, 5.74) is 2.65. The van der Waals surface area contributed by atoms with Gasteiger partial charge in [-0.1, -0.05) is 72.6 Å². The van der Waals surface area contributed by atoms with E-state index in [0.717, 1.165) is 22.0 Å². The van der Waals surface area contributed by atoms with E-state index in [0.29, 0.717) is 34.3 Å². The first-order valence-electron chi connectivity index (χ1n) is 11.8. The van der Waals surface area contributed by atoms with Crippen molar-refractivity contribution in [2.45, 2.75) is 39.3 Å². The van der Waals surface area contributed by atoms with Crippen LogP contribution in [0.1, 0.15) is 30.5 Å². The van der Waals surface area contributed by atoms with Gasteiger partial charge in [0.05, 0.1) is 4.47 Å². The van der Waals surface area contributed by atoms with Crippen LogP contribution in [0.4, 0.5) is 0 Å². The molecule has 1 N–H and O–H groups in total. The number of nitrogens with one attached hydrogen (secondary N) is 1. The lowest BCUT2D eigenvalue weighted by Crippen LogP contribution is -2.51. The van der Waals surface area contributed by atoms with Gasteiger partial charge < -0.3 is 15.0 Å². The summed E-state index contributed by atoms with van der Waals surface area (Å²) in [5.74, 6) is -0.0649. The van der Waals surface area contributed by atoms with Crippen LogP contribution in [0.3, 0.4) is 0 Å². The van der Waals surface area contributed by atoms with Gasteiger partial charge in [-0.3, -0.25) is 9.59 Å². The summed E-state index contributed by atoms with van der Waals surface area (Å²) in [6.45, 7) is 4.15. The minimum Gasteiger partial charge on any atom is -0.483 e. The van der Waals surface area contributed by atoms with E-state index >= 15 is 0 Å². The Morgan fingerprint density at radius 1 is 0.972 bits per heavy atom. The smallest absolute Gasteiger partial charge is 0.261 e. The summed E-state index contributed by atoms with van der Waals surface area (Å²) in [4.78, 5) is 28.4. The Kier molecular flexibility index (Phi) is 10.7. The van der Waals surface area contributed by atoms with Crippen LogP contribution in [0.25, 0.3) is 0 Å². The Hall–Kier alpha value is -2.54. The Labute approximate surface area is 230 Å². The molecule has 0 saturated heterocycles. The van der Waals surface area contributed by atoms with Crippen molar-refractivity contribution in [2.24, 2.45) is 0 Å². The fourth-order valence-corrected chi connectivity index (χ4v) is 4.86. The lowest BCUT2D eigenvalue weighted by molar-refractivity contribution is -0.142. The maximum atomic E-state index is 13.6. The van der Waals surface area contributed by atoms with Crippen molar-refractivity contribution >= 4 is 50.9 Å². The van der Waals surface area contributed by atoms with Crippen molar-refractivity contribution in [1.29, 1.82) is 0 Å². The highest BCUT2D eigenvalue weighted by molar-refractivity contribution is 9.10. The lowest BCUT2D eigenvalue weighted by Gasteiger charge is -2.32. The zero-order valence-corrected chi connectivity index (χ0v) is 23.4. The van der Waals surface area contributed by atoms with Crippen LogP contribution in [0.5, 0.6) is 5.75 Å². The van der Waals surface area contributed by atoms with Gasteiger partial charge in [-0.15, -0.1) is 0 Å². The van der Waals surface area contributed by atoms with Gasteiger partial charge in [0, 0.05) is 35.1 Å². The predicted molar refractivity (Wildman–Crippen MR) is 149 cm³/mol. The maximum absolute atomic E-state index is 13.6. The second-order valence-corrected chi connectivity index (χ2v) is 9.90. The third kappa shape index (κ3) is 7.48. The molecule has 0 aromatic heterocycles. The molecule has 0 aliphatic carbocycles. The van der Waals surface area contributed by atoms with E-state index in [1.807, 2.05) is 55.5 Å². The van der Waals surface area contributed by atoms with Gasteiger partial charge in [0.2, 0.25) is 5.91 Å². The molecular weight excluding hydrogens is 563 g/mol. The molecule has 0 aliphatic heterocycles. The van der Waals surface area contributed by atoms with Gasteiger partial charge in [0.15, 0.2) is 6.61 Å². The quantitative estimate of drug-likeness (QED) is 0.278. The van der Waals surface area contributed by atoms with Crippen molar-refractivity contribution < 1.29 is 14.3 Å². The second-order valence-electron chi connectivity index (χ2n) is 8.23. The minimum absolute atomic E-state index is 0.0608. The van der Waals surface area contributed by atoms with Crippen LogP contribution in [0.2, 0.25) is 10.0 Å². The molecule has 2 amide bonds. The zero-order valence-electron chi connectivity index (χ0n) is 20.3. The summed E-state index contributed by atoms with van der Waals surface area (Å²) in [7, 11) is 0. The fraction of sp³-hybridized carbons (Fsp3) is 0.286. The molecule has 0 spiro atoms. The molecule has 36 heavy (non-hydrogen) atoms. The predicted octanol–water partition coefficient (Wildman–Crippen LogP) is 6.47. The molecule has 3 rings (SSSR count). The molecule has 3 aromatic carbocycles. The number of benzene rings is 3. The highest BCUT2D eigenvalue weighted by Gasteiger charge is 2.31. The number of hydrogen-bond donors (Lipinski definition) is 1. The van der Waals surface area contributed by atoms with E-state index in [1.165, 1.54) is 4.90 Å². The number of carbonyl (C=O) groups is 2. The molecule has 0 saturated carbocycles. The van der Waals surface area contributed by atoms with Gasteiger partial charge in [-0.05, 0) is 64.7 Å². The summed E-state index contributed by atoms with van der Waals surface area (Å²) in [5, 5.41) is 3.71. The Balaban J connectivity index is 1.94. The number of halogens is 3. The molecule has 0 bridgehead atoms. The SMILES string of the molecule is CCNC(=O)C(Cc1ccccc1)N(Cc1c(Cl)cccc1Cl)C(=O)COc1ccc(CC)cc1Br. The van der Waals surface area contributed by atoms with Gasteiger partial charge in [0.25, 0.3) is 5.91 Å². The number of amides is 2. The largest absolute Gasteiger partial charge is 0.483 e. The standard InChI is InChI=1S/C28H29BrCl2N2O3/c1-3-19-13-14-26(22(29)15-19)36-18-27(34)33(17-21-23(30)11-8-12-24(21)31)25(28(35)32-4-2)16-20-9-6-5-7-10-20/h5-15,25H,3-4,16-18H2,1-2H3,(H,32,35). The molecule has 0 aliphatic rings. The number of rotatable bonds is 11. The Morgan fingerprint density at radius 3 is 2.28 bits per heavy atom. The van der Waals surface area contributed by atoms with Crippen LogP contribution >= 0.6 is 39.1 Å². The van der Waals surface area contributed by atoms with Crippen molar-refractivity contribution in [3.05, 3.63) is 97.9 Å². The molecule has 0 radical (unpaired) electrons. The Morgan fingerprint density at radius 2 is 1.67 bits per heavy atom. The van der Waals surface area contributed by atoms with E-state index in [9.17, 15) is 9.59 Å². The van der Waals surface area contributed by atoms with Gasteiger partial charge in [-0.2, -0.15) is 0 Å². The summed E-state index contributed by atoms with van der Waals surface area (Å²) in [6.07, 6.45) is 1.22. The zero-order chi connectivity index (χ0) is 26.1. The first-order chi connectivity index (χ1) is 17.3. The van der Waals surface area contributed by atoms with E-state index in [1.54, 1.807) is 18.2 Å². The molecule has 1 atom stereocenters. The molecule has 1 unspecified atom stereocenters. The van der Waals surface area contributed by atoms with Crippen LogP contribution in [-0.2, 0) is 29.0 Å². The molecule has 0 fully saturated rings. The number of ether oxygens (including phenoxy) is 1. The highest BCUT2D eigenvalue weighted by atomic mass is 79.9. The topological polar surface area (TPSA) is 58.6 Å². The van der Waals surface area contributed by atoms with Crippen LogP contribution < -0.4 is 10.1 Å². The van der Waals surface area contributed by atoms with Crippen molar-refractivity contribution in [3.63, 3.8) is 0 Å². The first-order valence-corrected chi connectivity index (χ1v) is 13.3. The van der Waals surface area contributed by atoms with Gasteiger partial charge >= 0.3 is 0 Å². The summed E-state index contributed by atoms with van der Waals surface area (Å²) in [6, 6.07) is 19.7. The molecule has 8 heteroatoms. The Bertz CT molecular complexity index is 1170. The number of hydrogen-bond acceptors (Lipinski definition) is 3. The highest BCUT2D eigenvalue weighted by Crippen LogP contribution is 2.29. The second kappa shape index (κ2) is 13.7. The average Bonchev–Trinajstić information content (AvgIpc) is 2.87. The third-order valence-electron chi connectivity index (χ3n) is 5.77. The van der Waals surface area contributed by atoms with E-state index in [2.05, 4.69) is 28.2 Å². The van der Waals surface area contributed by atoms with Crippen molar-refractivity contribution in [3.8, 4) is 5.75 Å². The minimum atomic E-state index is -0.790. The third-order valence-corrected chi connectivity index (χ3v) is 7.10. The average molecular weight is 592 g/mol. The molecule has 0 heterocycles. The molecule has 190 valence electrons. The fourth-order valence-electron chi connectivity index (χ4n) is 3.80. The number of carbonyl (C=O) groups excluding carboxylic acids is 2. The van der Waals surface area contributed by atoms with Gasteiger partial charge in [-0.25, -0.2) is 0 Å². The maximum Gasteiger partial charge on any atom is 0.261 e. The van der Waals surface area contributed by atoms with E-state index < -0.39 is 6.04 Å². The number of nitrogens with zero attached hydrogens (tertiary/aromatic N) is 1. The number of aryl methyl sites for hydroxylation is 1. The lowest BCUT2D eigenvalue weighted by atomic mass is 10.0. The molecular formula is C28H29BrCl2N2O3. The summed E-state index contributed by atoms with van der Waals surface area (Å²) >= 11 is 16.4. The molecule has 3 aromatic rings.